The van der Waals surface area contributed by atoms with Gasteiger partial charge in [-0.1, -0.05) is 27.7 Å². The maximum absolute atomic E-state index is 10.4. The second-order valence-electron chi connectivity index (χ2n) is 5.65. The van der Waals surface area contributed by atoms with Gasteiger partial charge < -0.3 is 10.4 Å². The van der Waals surface area contributed by atoms with Crippen LogP contribution >= 0.6 is 0 Å². The zero-order valence-electron chi connectivity index (χ0n) is 10.1. The van der Waals surface area contributed by atoms with E-state index in [1.54, 1.807) is 0 Å². The Kier molecular flexibility index (Phi) is 3.59. The van der Waals surface area contributed by atoms with Gasteiger partial charge >= 0.3 is 0 Å². The van der Waals surface area contributed by atoms with Crippen LogP contribution in [0.1, 0.15) is 47.0 Å². The number of aliphatic hydroxyl groups is 1. The van der Waals surface area contributed by atoms with Crippen LogP contribution in [-0.4, -0.2) is 23.8 Å². The monoisotopic (exact) mass is 199 g/mol. The van der Waals surface area contributed by atoms with Crippen LogP contribution in [-0.2, 0) is 0 Å². The Balaban J connectivity index is 2.55. The number of hydrogen-bond donors (Lipinski definition) is 2. The Morgan fingerprint density at radius 3 is 2.50 bits per heavy atom. The van der Waals surface area contributed by atoms with Gasteiger partial charge in [-0.15, -0.1) is 0 Å². The Labute approximate surface area is 88.1 Å². The standard InChI is InChI=1S/C12H25NO/c1-5-13-9-12(14)7-6-11(3,4)8-10(12)2/h10,13-14H,5-9H2,1-4H3. The molecule has 2 heteroatoms. The first-order valence-electron chi connectivity index (χ1n) is 5.83. The largest absolute Gasteiger partial charge is 0.388 e. The molecule has 0 aliphatic heterocycles. The molecule has 1 aliphatic carbocycles. The van der Waals surface area contributed by atoms with Crippen LogP contribution in [0.15, 0.2) is 0 Å². The van der Waals surface area contributed by atoms with Crippen LogP contribution in [0.4, 0.5) is 0 Å². The Hall–Kier alpha value is -0.0800. The lowest BCUT2D eigenvalue weighted by atomic mass is 9.65. The van der Waals surface area contributed by atoms with Gasteiger partial charge in [0, 0.05) is 6.54 Å². The van der Waals surface area contributed by atoms with Crippen LogP contribution in [0.2, 0.25) is 0 Å². The molecule has 1 saturated carbocycles. The summed E-state index contributed by atoms with van der Waals surface area (Å²) < 4.78 is 0. The van der Waals surface area contributed by atoms with E-state index >= 15 is 0 Å². The molecule has 0 aromatic rings. The van der Waals surface area contributed by atoms with E-state index in [4.69, 9.17) is 0 Å². The molecule has 2 unspecified atom stereocenters. The smallest absolute Gasteiger partial charge is 0.0797 e. The van der Waals surface area contributed by atoms with Gasteiger partial charge in [0.2, 0.25) is 0 Å². The first kappa shape index (κ1) is 12.0. The number of rotatable bonds is 3. The SMILES string of the molecule is CCNCC1(O)CCC(C)(C)CC1C. The Bertz CT molecular complexity index is 191. The van der Waals surface area contributed by atoms with Gasteiger partial charge in [0.05, 0.1) is 5.60 Å². The van der Waals surface area contributed by atoms with Gasteiger partial charge in [0.1, 0.15) is 0 Å². The average Bonchev–Trinajstić information content (AvgIpc) is 2.09. The van der Waals surface area contributed by atoms with Crippen LogP contribution in [0.3, 0.4) is 0 Å². The molecule has 0 aromatic heterocycles. The number of likely N-dealkylation sites (N-methyl/N-ethyl adjacent to an activating group) is 1. The van der Waals surface area contributed by atoms with Crippen LogP contribution in [0.5, 0.6) is 0 Å². The summed E-state index contributed by atoms with van der Waals surface area (Å²) >= 11 is 0. The fraction of sp³-hybridized carbons (Fsp3) is 1.00. The van der Waals surface area contributed by atoms with Crippen molar-refractivity contribution < 1.29 is 5.11 Å². The second kappa shape index (κ2) is 4.19. The van der Waals surface area contributed by atoms with E-state index in [1.165, 1.54) is 0 Å². The molecule has 14 heavy (non-hydrogen) atoms. The molecule has 2 N–H and O–H groups in total. The summed E-state index contributed by atoms with van der Waals surface area (Å²) in [6.07, 6.45) is 3.21. The van der Waals surface area contributed by atoms with Gasteiger partial charge in [0.15, 0.2) is 0 Å². The van der Waals surface area contributed by atoms with Crippen LogP contribution < -0.4 is 5.32 Å². The molecule has 2 nitrogen and oxygen atoms in total. The highest BCUT2D eigenvalue weighted by Gasteiger charge is 2.41. The number of nitrogens with one attached hydrogen (secondary N) is 1. The minimum Gasteiger partial charge on any atom is -0.388 e. The normalized spacial score (nSPS) is 37.1. The molecular weight excluding hydrogens is 174 g/mol. The Morgan fingerprint density at radius 2 is 2.00 bits per heavy atom. The predicted octanol–water partition coefficient (Wildman–Crippen LogP) is 2.17. The van der Waals surface area contributed by atoms with Gasteiger partial charge in [-0.25, -0.2) is 0 Å². The van der Waals surface area contributed by atoms with E-state index in [2.05, 4.69) is 33.0 Å². The molecule has 0 saturated heterocycles. The third-order valence-electron chi connectivity index (χ3n) is 3.69. The summed E-state index contributed by atoms with van der Waals surface area (Å²) in [7, 11) is 0. The third kappa shape index (κ3) is 2.71. The summed E-state index contributed by atoms with van der Waals surface area (Å²) in [5.41, 5.74) is -0.0522. The molecule has 84 valence electrons. The van der Waals surface area contributed by atoms with Gasteiger partial charge in [-0.3, -0.25) is 0 Å². The fourth-order valence-corrected chi connectivity index (χ4v) is 2.53. The molecule has 1 fully saturated rings. The summed E-state index contributed by atoms with van der Waals surface area (Å²) in [6.45, 7) is 10.6. The van der Waals surface area contributed by atoms with E-state index in [0.29, 0.717) is 11.3 Å². The van der Waals surface area contributed by atoms with Gasteiger partial charge in [-0.2, -0.15) is 0 Å². The molecule has 1 aliphatic rings. The first-order valence-corrected chi connectivity index (χ1v) is 5.83. The van der Waals surface area contributed by atoms with Crippen molar-refractivity contribution in [1.82, 2.24) is 5.32 Å². The Morgan fingerprint density at radius 1 is 1.36 bits per heavy atom. The van der Waals surface area contributed by atoms with Crippen molar-refractivity contribution in [2.24, 2.45) is 11.3 Å². The minimum atomic E-state index is -0.467. The molecule has 1 rings (SSSR count). The first-order chi connectivity index (χ1) is 6.40. The highest BCUT2D eigenvalue weighted by atomic mass is 16.3. The third-order valence-corrected chi connectivity index (χ3v) is 3.69. The molecule has 0 heterocycles. The minimum absolute atomic E-state index is 0.408. The maximum Gasteiger partial charge on any atom is 0.0797 e. The van der Waals surface area contributed by atoms with Crippen LogP contribution in [0.25, 0.3) is 0 Å². The summed E-state index contributed by atoms with van der Waals surface area (Å²) in [6, 6.07) is 0. The van der Waals surface area contributed by atoms with Crippen molar-refractivity contribution in [3.8, 4) is 0 Å². The highest BCUT2D eigenvalue weighted by Crippen LogP contribution is 2.43. The van der Waals surface area contributed by atoms with E-state index in [0.717, 1.165) is 32.4 Å². The zero-order chi connectivity index (χ0) is 10.8. The van der Waals surface area contributed by atoms with E-state index < -0.39 is 5.60 Å². The van der Waals surface area contributed by atoms with E-state index in [9.17, 15) is 5.11 Å². The molecular formula is C12H25NO. The second-order valence-corrected chi connectivity index (χ2v) is 5.65. The molecule has 2 atom stereocenters. The lowest BCUT2D eigenvalue weighted by molar-refractivity contribution is -0.0687. The summed E-state index contributed by atoms with van der Waals surface area (Å²) in [5, 5.41) is 13.7. The lowest BCUT2D eigenvalue weighted by Gasteiger charge is -2.45. The molecule has 0 amide bonds. The molecule has 0 bridgehead atoms. The summed E-state index contributed by atoms with van der Waals surface area (Å²) in [4.78, 5) is 0. The van der Waals surface area contributed by atoms with Crippen molar-refractivity contribution in [2.75, 3.05) is 13.1 Å². The quantitative estimate of drug-likeness (QED) is 0.730. The number of hydrogen-bond acceptors (Lipinski definition) is 2. The van der Waals surface area contributed by atoms with Crippen molar-refractivity contribution >= 4 is 0 Å². The molecule has 0 radical (unpaired) electrons. The zero-order valence-corrected chi connectivity index (χ0v) is 10.1. The van der Waals surface area contributed by atoms with Gasteiger partial charge in [-0.05, 0) is 37.1 Å². The molecule has 0 spiro atoms. The molecule has 0 aromatic carbocycles. The van der Waals surface area contributed by atoms with Crippen LogP contribution in [0, 0.1) is 11.3 Å². The highest BCUT2D eigenvalue weighted by molar-refractivity contribution is 4.94. The maximum atomic E-state index is 10.4. The fourth-order valence-electron chi connectivity index (χ4n) is 2.53. The predicted molar refractivity (Wildman–Crippen MR) is 60.3 cm³/mol. The average molecular weight is 199 g/mol. The van der Waals surface area contributed by atoms with E-state index in [1.807, 2.05) is 0 Å². The lowest BCUT2D eigenvalue weighted by Crippen LogP contribution is -2.50. The van der Waals surface area contributed by atoms with Gasteiger partial charge in [0.25, 0.3) is 0 Å². The summed E-state index contributed by atoms with van der Waals surface area (Å²) in [5.74, 6) is 0.408. The van der Waals surface area contributed by atoms with Crippen molar-refractivity contribution in [2.45, 2.75) is 52.6 Å². The topological polar surface area (TPSA) is 32.3 Å². The van der Waals surface area contributed by atoms with Crippen molar-refractivity contribution in [3.63, 3.8) is 0 Å². The van der Waals surface area contributed by atoms with Crippen molar-refractivity contribution in [1.29, 1.82) is 0 Å². The van der Waals surface area contributed by atoms with E-state index in [-0.39, 0.29) is 0 Å². The van der Waals surface area contributed by atoms with Crippen molar-refractivity contribution in [3.05, 3.63) is 0 Å².